The van der Waals surface area contributed by atoms with E-state index in [1.54, 1.807) is 6.92 Å². The van der Waals surface area contributed by atoms with Gasteiger partial charge in [-0.25, -0.2) is 0 Å². The molecule has 0 aromatic heterocycles. The first kappa shape index (κ1) is 14.5. The molecule has 1 aromatic rings. The molecule has 18 heavy (non-hydrogen) atoms. The lowest BCUT2D eigenvalue weighted by atomic mass is 10.2. The summed E-state index contributed by atoms with van der Waals surface area (Å²) in [6.07, 6.45) is 1.32. The van der Waals surface area contributed by atoms with Gasteiger partial charge >= 0.3 is 0 Å². The van der Waals surface area contributed by atoms with Crippen molar-refractivity contribution in [2.24, 2.45) is 0 Å². The van der Waals surface area contributed by atoms with Gasteiger partial charge < -0.3 is 19.6 Å². The van der Waals surface area contributed by atoms with Crippen molar-refractivity contribution in [2.45, 2.75) is 19.8 Å². The van der Waals surface area contributed by atoms with E-state index in [0.29, 0.717) is 19.6 Å². The molecule has 0 amide bonds. The molecule has 0 heterocycles. The highest BCUT2D eigenvalue weighted by Gasteiger charge is 1.99. The summed E-state index contributed by atoms with van der Waals surface area (Å²) in [4.78, 5) is 10.8. The van der Waals surface area contributed by atoms with Gasteiger partial charge in [-0.3, -0.25) is 0 Å². The van der Waals surface area contributed by atoms with Crippen molar-refractivity contribution in [3.63, 3.8) is 0 Å². The van der Waals surface area contributed by atoms with E-state index in [9.17, 15) is 4.79 Å². The van der Waals surface area contributed by atoms with Crippen LogP contribution in [0, 0.1) is 0 Å². The zero-order valence-corrected chi connectivity index (χ0v) is 11.1. The number of carbonyl (C=O) groups excluding carboxylic acids is 1. The van der Waals surface area contributed by atoms with Crippen molar-refractivity contribution in [3.05, 3.63) is 24.3 Å². The average molecular weight is 251 g/mol. The smallest absolute Gasteiger partial charge is 0.129 e. The number of ether oxygens (including phenoxy) is 2. The van der Waals surface area contributed by atoms with Crippen molar-refractivity contribution < 1.29 is 14.3 Å². The fourth-order valence-electron chi connectivity index (χ4n) is 1.44. The van der Waals surface area contributed by atoms with E-state index >= 15 is 0 Å². The number of hydrogen-bond donors (Lipinski definition) is 1. The van der Waals surface area contributed by atoms with Crippen molar-refractivity contribution in [3.8, 4) is 11.5 Å². The third-order valence-electron chi connectivity index (χ3n) is 2.37. The summed E-state index contributed by atoms with van der Waals surface area (Å²) in [6, 6.07) is 7.55. The lowest BCUT2D eigenvalue weighted by Crippen LogP contribution is -2.15. The lowest BCUT2D eigenvalue weighted by Gasteiger charge is -2.09. The maximum atomic E-state index is 10.8. The number of likely N-dealkylation sites (N-methyl/N-ethyl adjacent to an activating group) is 1. The van der Waals surface area contributed by atoms with Crippen LogP contribution in [0.4, 0.5) is 0 Å². The lowest BCUT2D eigenvalue weighted by molar-refractivity contribution is -0.117. The van der Waals surface area contributed by atoms with E-state index in [2.05, 4.69) is 5.32 Å². The second-order valence-corrected chi connectivity index (χ2v) is 4.08. The summed E-state index contributed by atoms with van der Waals surface area (Å²) < 4.78 is 11.1. The molecule has 1 rings (SSSR count). The van der Waals surface area contributed by atoms with Crippen molar-refractivity contribution >= 4 is 5.78 Å². The molecule has 0 aliphatic rings. The van der Waals surface area contributed by atoms with Gasteiger partial charge in [0.05, 0.1) is 6.61 Å². The standard InChI is InChI=1S/C14H21NO3/c1-12(16)5-4-9-17-13-6-3-7-14(11-13)18-10-8-15-2/h3,6-7,11,15H,4-5,8-10H2,1-2H3. The van der Waals surface area contributed by atoms with Crippen molar-refractivity contribution in [2.75, 3.05) is 26.8 Å². The number of carbonyl (C=O) groups is 1. The summed E-state index contributed by atoms with van der Waals surface area (Å²) in [6.45, 7) is 3.59. The van der Waals surface area contributed by atoms with E-state index in [-0.39, 0.29) is 5.78 Å². The molecule has 0 unspecified atom stereocenters. The number of Topliss-reactive ketones (excluding diaryl/α,β-unsaturated/α-hetero) is 1. The third kappa shape index (κ3) is 6.25. The monoisotopic (exact) mass is 251 g/mol. The van der Waals surface area contributed by atoms with Crippen LogP contribution in [0.25, 0.3) is 0 Å². The minimum atomic E-state index is 0.197. The van der Waals surface area contributed by atoms with Crippen LogP contribution in [0.1, 0.15) is 19.8 Å². The van der Waals surface area contributed by atoms with Crippen LogP contribution in [0.3, 0.4) is 0 Å². The quantitative estimate of drug-likeness (QED) is 0.682. The summed E-state index contributed by atoms with van der Waals surface area (Å²) in [5.41, 5.74) is 0. The molecule has 0 aliphatic heterocycles. The average Bonchev–Trinajstić information content (AvgIpc) is 2.35. The van der Waals surface area contributed by atoms with Gasteiger partial charge in [0.25, 0.3) is 0 Å². The van der Waals surface area contributed by atoms with Crippen LogP contribution >= 0.6 is 0 Å². The summed E-state index contributed by atoms with van der Waals surface area (Å²) in [5, 5.41) is 3.02. The fourth-order valence-corrected chi connectivity index (χ4v) is 1.44. The third-order valence-corrected chi connectivity index (χ3v) is 2.37. The Morgan fingerprint density at radius 1 is 1.22 bits per heavy atom. The second-order valence-electron chi connectivity index (χ2n) is 4.08. The van der Waals surface area contributed by atoms with Crippen LogP contribution in [-0.2, 0) is 4.79 Å². The van der Waals surface area contributed by atoms with E-state index in [4.69, 9.17) is 9.47 Å². The Labute approximate surface area is 108 Å². The predicted molar refractivity (Wildman–Crippen MR) is 71.3 cm³/mol. The zero-order valence-electron chi connectivity index (χ0n) is 11.1. The minimum absolute atomic E-state index is 0.197. The molecule has 0 radical (unpaired) electrons. The largest absolute Gasteiger partial charge is 0.493 e. The fraction of sp³-hybridized carbons (Fsp3) is 0.500. The molecule has 0 atom stereocenters. The SMILES string of the molecule is CNCCOc1cccc(OCCCC(C)=O)c1. The predicted octanol–water partition coefficient (Wildman–Crippen LogP) is 2.03. The highest BCUT2D eigenvalue weighted by atomic mass is 16.5. The van der Waals surface area contributed by atoms with Gasteiger partial charge in [-0.05, 0) is 32.5 Å². The van der Waals surface area contributed by atoms with Crippen molar-refractivity contribution in [1.29, 1.82) is 0 Å². The van der Waals surface area contributed by atoms with Gasteiger partial charge in [0.1, 0.15) is 23.9 Å². The van der Waals surface area contributed by atoms with E-state index in [1.165, 1.54) is 0 Å². The Balaban J connectivity index is 2.32. The number of benzene rings is 1. The second kappa shape index (κ2) is 8.53. The number of rotatable bonds is 9. The highest BCUT2D eigenvalue weighted by Crippen LogP contribution is 2.19. The summed E-state index contributed by atoms with van der Waals surface area (Å²) in [5.74, 6) is 1.78. The van der Waals surface area contributed by atoms with Gasteiger partial charge in [-0.15, -0.1) is 0 Å². The molecule has 100 valence electrons. The number of nitrogens with one attached hydrogen (secondary N) is 1. The molecule has 4 heteroatoms. The van der Waals surface area contributed by atoms with Gasteiger partial charge in [0, 0.05) is 19.0 Å². The maximum Gasteiger partial charge on any atom is 0.129 e. The molecule has 1 N–H and O–H groups in total. The van der Waals surface area contributed by atoms with Crippen LogP contribution in [0.5, 0.6) is 11.5 Å². The highest BCUT2D eigenvalue weighted by molar-refractivity contribution is 5.75. The Kier molecular flexibility index (Phi) is 6.87. The van der Waals surface area contributed by atoms with Crippen LogP contribution < -0.4 is 14.8 Å². The topological polar surface area (TPSA) is 47.6 Å². The van der Waals surface area contributed by atoms with Gasteiger partial charge in [-0.2, -0.15) is 0 Å². The number of hydrogen-bond acceptors (Lipinski definition) is 4. The molecule has 0 spiro atoms. The maximum absolute atomic E-state index is 10.8. The Hall–Kier alpha value is -1.55. The molecule has 0 saturated carbocycles. The van der Waals surface area contributed by atoms with E-state index in [0.717, 1.165) is 24.5 Å². The minimum Gasteiger partial charge on any atom is -0.493 e. The van der Waals surface area contributed by atoms with Crippen molar-refractivity contribution in [1.82, 2.24) is 5.32 Å². The van der Waals surface area contributed by atoms with Crippen LogP contribution in [0.2, 0.25) is 0 Å². The van der Waals surface area contributed by atoms with Gasteiger partial charge in [0.15, 0.2) is 0 Å². The van der Waals surface area contributed by atoms with E-state index in [1.807, 2.05) is 31.3 Å². The first-order valence-electron chi connectivity index (χ1n) is 6.22. The Morgan fingerprint density at radius 3 is 2.50 bits per heavy atom. The zero-order chi connectivity index (χ0) is 13.2. The molecule has 1 aromatic carbocycles. The Bertz CT molecular complexity index is 366. The summed E-state index contributed by atoms with van der Waals surface area (Å²) >= 11 is 0. The molecule has 0 bridgehead atoms. The molecule has 0 fully saturated rings. The summed E-state index contributed by atoms with van der Waals surface area (Å²) in [7, 11) is 1.89. The molecule has 0 aliphatic carbocycles. The molecular weight excluding hydrogens is 230 g/mol. The molecule has 0 saturated heterocycles. The first-order chi connectivity index (χ1) is 8.72. The first-order valence-corrected chi connectivity index (χ1v) is 6.22. The van der Waals surface area contributed by atoms with Crippen LogP contribution in [0.15, 0.2) is 24.3 Å². The Morgan fingerprint density at radius 2 is 1.89 bits per heavy atom. The number of ketones is 1. The van der Waals surface area contributed by atoms with Crippen LogP contribution in [-0.4, -0.2) is 32.6 Å². The molecule has 4 nitrogen and oxygen atoms in total. The van der Waals surface area contributed by atoms with E-state index < -0.39 is 0 Å². The van der Waals surface area contributed by atoms with Gasteiger partial charge in [0.2, 0.25) is 0 Å². The normalized spacial score (nSPS) is 10.1. The van der Waals surface area contributed by atoms with Gasteiger partial charge in [-0.1, -0.05) is 6.07 Å². The molecular formula is C14H21NO3.